The van der Waals surface area contributed by atoms with E-state index in [2.05, 4.69) is 18.3 Å². The van der Waals surface area contributed by atoms with E-state index in [9.17, 15) is 4.79 Å². The third-order valence-corrected chi connectivity index (χ3v) is 5.16. The normalized spacial score (nSPS) is 32.2. The Balaban J connectivity index is 1.63. The second-order valence-corrected chi connectivity index (χ2v) is 6.90. The third-order valence-electron chi connectivity index (χ3n) is 5.16. The highest BCUT2D eigenvalue weighted by Gasteiger charge is 2.30. The number of hydrogen-bond acceptors (Lipinski definition) is 4. The van der Waals surface area contributed by atoms with Crippen molar-refractivity contribution in [1.82, 2.24) is 5.32 Å². The van der Waals surface area contributed by atoms with Crippen molar-refractivity contribution in [2.75, 3.05) is 6.54 Å². The average molecular weight is 306 g/mol. The molecule has 0 aromatic carbocycles. The number of hydrogen-bond donors (Lipinski definition) is 1. The number of nitriles is 1. The van der Waals surface area contributed by atoms with E-state index in [0.717, 1.165) is 57.9 Å². The van der Waals surface area contributed by atoms with Gasteiger partial charge in [-0.25, -0.2) is 0 Å². The first-order chi connectivity index (χ1) is 10.7. The van der Waals surface area contributed by atoms with Crippen molar-refractivity contribution in [3.63, 3.8) is 0 Å². The van der Waals surface area contributed by atoms with Crippen LogP contribution in [0.1, 0.15) is 71.1 Å². The summed E-state index contributed by atoms with van der Waals surface area (Å²) in [6, 6.07) is 2.92. The molecule has 4 heteroatoms. The minimum absolute atomic E-state index is 0.0150. The fraction of sp³-hybridized carbons (Fsp3) is 0.889. The van der Waals surface area contributed by atoms with Crippen LogP contribution in [0.2, 0.25) is 0 Å². The molecule has 0 radical (unpaired) electrons. The van der Waals surface area contributed by atoms with E-state index in [0.29, 0.717) is 6.04 Å². The van der Waals surface area contributed by atoms with Gasteiger partial charge in [0.2, 0.25) is 0 Å². The standard InChI is InChI=1S/C18H30N2O2/c1-2-3-12-20-16-8-10-17(11-9-16)22-18(21)15-6-4-14(13-19)5-7-15/h14-17,20H,2-12H2,1H3. The predicted molar refractivity (Wildman–Crippen MR) is 86.1 cm³/mol. The number of carbonyl (C=O) groups is 1. The van der Waals surface area contributed by atoms with Crippen LogP contribution in [0.15, 0.2) is 0 Å². The van der Waals surface area contributed by atoms with Gasteiger partial charge in [-0.1, -0.05) is 13.3 Å². The molecule has 0 bridgehead atoms. The molecule has 2 aliphatic rings. The second kappa shape index (κ2) is 9.15. The number of nitrogens with one attached hydrogen (secondary N) is 1. The van der Waals surface area contributed by atoms with Gasteiger partial charge in [0.1, 0.15) is 6.10 Å². The van der Waals surface area contributed by atoms with Crippen LogP contribution in [-0.4, -0.2) is 24.7 Å². The molecule has 22 heavy (non-hydrogen) atoms. The maximum absolute atomic E-state index is 12.2. The number of unbranched alkanes of at least 4 members (excludes halogenated alkanes) is 1. The zero-order valence-electron chi connectivity index (χ0n) is 13.9. The monoisotopic (exact) mass is 306 g/mol. The van der Waals surface area contributed by atoms with Crippen LogP contribution in [-0.2, 0) is 9.53 Å². The van der Waals surface area contributed by atoms with Crippen molar-refractivity contribution in [2.45, 2.75) is 83.3 Å². The van der Waals surface area contributed by atoms with Gasteiger partial charge in [-0.2, -0.15) is 5.26 Å². The Morgan fingerprint density at radius 1 is 1.14 bits per heavy atom. The lowest BCUT2D eigenvalue weighted by Crippen LogP contribution is -2.37. The van der Waals surface area contributed by atoms with E-state index in [4.69, 9.17) is 10.00 Å². The molecule has 0 aromatic heterocycles. The molecule has 1 N–H and O–H groups in total. The van der Waals surface area contributed by atoms with E-state index in [-0.39, 0.29) is 23.9 Å². The van der Waals surface area contributed by atoms with Crippen LogP contribution in [0.4, 0.5) is 0 Å². The lowest BCUT2D eigenvalue weighted by Gasteiger charge is -2.31. The molecular weight excluding hydrogens is 276 g/mol. The maximum atomic E-state index is 12.2. The van der Waals surface area contributed by atoms with Crippen LogP contribution >= 0.6 is 0 Å². The highest BCUT2D eigenvalue weighted by molar-refractivity contribution is 5.72. The Labute approximate surface area is 134 Å². The minimum Gasteiger partial charge on any atom is -0.462 e. The van der Waals surface area contributed by atoms with Gasteiger partial charge in [0, 0.05) is 12.0 Å². The third kappa shape index (κ3) is 5.28. The van der Waals surface area contributed by atoms with Crippen molar-refractivity contribution >= 4 is 5.97 Å². The van der Waals surface area contributed by atoms with Gasteiger partial charge in [-0.05, 0) is 64.3 Å². The Hall–Kier alpha value is -1.08. The number of nitrogens with zero attached hydrogens (tertiary/aromatic N) is 1. The summed E-state index contributed by atoms with van der Waals surface area (Å²) in [5, 5.41) is 12.5. The summed E-state index contributed by atoms with van der Waals surface area (Å²) in [5.74, 6) is 0.164. The van der Waals surface area contributed by atoms with E-state index in [1.54, 1.807) is 0 Å². The van der Waals surface area contributed by atoms with Gasteiger partial charge < -0.3 is 10.1 Å². The fourth-order valence-corrected chi connectivity index (χ4v) is 3.59. The summed E-state index contributed by atoms with van der Waals surface area (Å²) in [6.45, 7) is 3.32. The Kier molecular flexibility index (Phi) is 7.18. The first kappa shape index (κ1) is 17.3. The van der Waals surface area contributed by atoms with E-state index in [1.165, 1.54) is 12.8 Å². The first-order valence-electron chi connectivity index (χ1n) is 9.06. The van der Waals surface area contributed by atoms with Gasteiger partial charge in [0.05, 0.1) is 12.0 Å². The van der Waals surface area contributed by atoms with Gasteiger partial charge in [0.15, 0.2) is 0 Å². The minimum atomic E-state index is -0.0150. The molecule has 4 nitrogen and oxygen atoms in total. The van der Waals surface area contributed by atoms with Gasteiger partial charge in [-0.15, -0.1) is 0 Å². The van der Waals surface area contributed by atoms with Crippen molar-refractivity contribution in [2.24, 2.45) is 11.8 Å². The zero-order valence-corrected chi connectivity index (χ0v) is 13.9. The Morgan fingerprint density at radius 3 is 2.41 bits per heavy atom. The SMILES string of the molecule is CCCCNC1CCC(OC(=O)C2CCC(C#N)CC2)CC1. The summed E-state index contributed by atoms with van der Waals surface area (Å²) < 4.78 is 5.72. The molecule has 0 saturated heterocycles. The molecule has 0 unspecified atom stereocenters. The van der Waals surface area contributed by atoms with Crippen molar-refractivity contribution in [1.29, 1.82) is 5.26 Å². The van der Waals surface area contributed by atoms with Gasteiger partial charge in [-0.3, -0.25) is 4.79 Å². The Bertz CT molecular complexity index is 375. The summed E-state index contributed by atoms with van der Waals surface area (Å²) in [6.07, 6.45) is 10.1. The molecule has 2 rings (SSSR count). The lowest BCUT2D eigenvalue weighted by atomic mass is 9.83. The number of carbonyl (C=O) groups excluding carboxylic acids is 1. The van der Waals surface area contributed by atoms with Crippen molar-refractivity contribution in [3.05, 3.63) is 0 Å². The summed E-state index contributed by atoms with van der Waals surface area (Å²) in [4.78, 5) is 12.2. The van der Waals surface area contributed by atoms with E-state index in [1.807, 2.05) is 0 Å². The zero-order chi connectivity index (χ0) is 15.8. The topological polar surface area (TPSA) is 62.1 Å². The smallest absolute Gasteiger partial charge is 0.309 e. The quantitative estimate of drug-likeness (QED) is 0.602. The number of ether oxygens (including phenoxy) is 1. The Morgan fingerprint density at radius 2 is 1.82 bits per heavy atom. The van der Waals surface area contributed by atoms with Crippen molar-refractivity contribution in [3.8, 4) is 6.07 Å². The predicted octanol–water partition coefficient (Wildman–Crippen LogP) is 3.56. The summed E-state index contributed by atoms with van der Waals surface area (Å²) in [5.41, 5.74) is 0. The fourth-order valence-electron chi connectivity index (χ4n) is 3.59. The van der Waals surface area contributed by atoms with Crippen LogP contribution in [0.3, 0.4) is 0 Å². The summed E-state index contributed by atoms with van der Waals surface area (Å²) in [7, 11) is 0. The molecule has 0 spiro atoms. The highest BCUT2D eigenvalue weighted by atomic mass is 16.5. The average Bonchev–Trinajstić information content (AvgIpc) is 2.57. The van der Waals surface area contributed by atoms with E-state index >= 15 is 0 Å². The van der Waals surface area contributed by atoms with E-state index < -0.39 is 0 Å². The lowest BCUT2D eigenvalue weighted by molar-refractivity contribution is -0.157. The van der Waals surface area contributed by atoms with Crippen LogP contribution in [0.25, 0.3) is 0 Å². The largest absolute Gasteiger partial charge is 0.462 e. The molecule has 0 atom stereocenters. The van der Waals surface area contributed by atoms with Crippen molar-refractivity contribution < 1.29 is 9.53 Å². The maximum Gasteiger partial charge on any atom is 0.309 e. The van der Waals surface area contributed by atoms with Gasteiger partial charge >= 0.3 is 5.97 Å². The molecular formula is C18H30N2O2. The number of esters is 1. The van der Waals surface area contributed by atoms with Crippen LogP contribution in [0.5, 0.6) is 0 Å². The second-order valence-electron chi connectivity index (χ2n) is 6.90. The molecule has 124 valence electrons. The molecule has 0 heterocycles. The van der Waals surface area contributed by atoms with Gasteiger partial charge in [0.25, 0.3) is 0 Å². The molecule has 0 aromatic rings. The molecule has 2 aliphatic carbocycles. The molecule has 0 aliphatic heterocycles. The highest BCUT2D eigenvalue weighted by Crippen LogP contribution is 2.30. The van der Waals surface area contributed by atoms with Crippen LogP contribution in [0, 0.1) is 23.2 Å². The first-order valence-corrected chi connectivity index (χ1v) is 9.06. The van der Waals surface area contributed by atoms with Crippen LogP contribution < -0.4 is 5.32 Å². The molecule has 0 amide bonds. The summed E-state index contributed by atoms with van der Waals surface area (Å²) >= 11 is 0. The molecule has 2 saturated carbocycles. The number of rotatable bonds is 6. The molecule has 2 fully saturated rings.